The molecule has 0 aliphatic rings. The quantitative estimate of drug-likeness (QED) is 0.613. The molecule has 0 aliphatic carbocycles. The van der Waals surface area contributed by atoms with Crippen molar-refractivity contribution in [1.82, 2.24) is 0 Å². The topological polar surface area (TPSA) is 38.3 Å². The number of carbonyl (C=O) groups is 1. The third-order valence-electron chi connectivity index (χ3n) is 3.37. The minimum atomic E-state index is -0.111. The van der Waals surface area contributed by atoms with Gasteiger partial charge in [0.05, 0.1) is 6.61 Å². The van der Waals surface area contributed by atoms with Gasteiger partial charge in [-0.2, -0.15) is 0 Å². The van der Waals surface area contributed by atoms with E-state index >= 15 is 0 Å². The van der Waals surface area contributed by atoms with Crippen LogP contribution in [0.4, 0.5) is 5.69 Å². The molecule has 0 unspecified atom stereocenters. The molecule has 0 atom stereocenters. The molecule has 0 radical (unpaired) electrons. The van der Waals surface area contributed by atoms with Gasteiger partial charge in [0.1, 0.15) is 5.75 Å². The standard InChI is InChI=1S/C18H18Cl3NO2/c1-11-6-16(7-12(2)18(11)21)24-5-3-4-17(23)22-15-9-13(19)8-14(20)10-15/h6-10H,3-5H2,1-2H3,(H,22,23). The predicted molar refractivity (Wildman–Crippen MR) is 101 cm³/mol. The molecule has 0 fully saturated rings. The molecule has 1 N–H and O–H groups in total. The first kappa shape index (κ1) is 18.9. The van der Waals surface area contributed by atoms with Crippen LogP contribution in [0.5, 0.6) is 5.75 Å². The summed E-state index contributed by atoms with van der Waals surface area (Å²) in [5.74, 6) is 0.650. The Bertz CT molecular complexity index is 704. The number of nitrogens with one attached hydrogen (secondary N) is 1. The highest BCUT2D eigenvalue weighted by Crippen LogP contribution is 2.26. The summed E-state index contributed by atoms with van der Waals surface area (Å²) in [4.78, 5) is 11.9. The number of amides is 1. The second kappa shape index (κ2) is 8.61. The molecule has 0 saturated carbocycles. The summed E-state index contributed by atoms with van der Waals surface area (Å²) in [7, 11) is 0. The zero-order chi connectivity index (χ0) is 17.7. The number of anilines is 1. The van der Waals surface area contributed by atoms with E-state index in [4.69, 9.17) is 39.5 Å². The Kier molecular flexibility index (Phi) is 6.79. The molecule has 2 rings (SSSR count). The van der Waals surface area contributed by atoms with E-state index < -0.39 is 0 Å². The predicted octanol–water partition coefficient (Wildman–Crippen LogP) is 6.06. The lowest BCUT2D eigenvalue weighted by molar-refractivity contribution is -0.116. The molecule has 0 spiro atoms. The molecule has 0 saturated heterocycles. The molecule has 0 bridgehead atoms. The third-order valence-corrected chi connectivity index (χ3v) is 4.41. The number of halogens is 3. The van der Waals surface area contributed by atoms with Gasteiger partial charge in [-0.05, 0) is 61.7 Å². The zero-order valence-corrected chi connectivity index (χ0v) is 15.7. The van der Waals surface area contributed by atoms with Gasteiger partial charge in [-0.25, -0.2) is 0 Å². The van der Waals surface area contributed by atoms with Crippen LogP contribution in [0.2, 0.25) is 15.1 Å². The normalized spacial score (nSPS) is 10.5. The maximum atomic E-state index is 11.9. The van der Waals surface area contributed by atoms with Gasteiger partial charge in [-0.3, -0.25) is 4.79 Å². The molecule has 6 heteroatoms. The lowest BCUT2D eigenvalue weighted by atomic mass is 10.1. The zero-order valence-electron chi connectivity index (χ0n) is 13.5. The van der Waals surface area contributed by atoms with Crippen molar-refractivity contribution in [2.75, 3.05) is 11.9 Å². The van der Waals surface area contributed by atoms with E-state index in [1.165, 1.54) is 0 Å². The summed E-state index contributed by atoms with van der Waals surface area (Å²) >= 11 is 17.9. The van der Waals surface area contributed by atoms with Crippen LogP contribution in [0.1, 0.15) is 24.0 Å². The van der Waals surface area contributed by atoms with Crippen molar-refractivity contribution in [2.45, 2.75) is 26.7 Å². The Hall–Kier alpha value is -1.42. The Morgan fingerprint density at radius 2 is 1.58 bits per heavy atom. The first-order chi connectivity index (χ1) is 11.3. The molecular formula is C18H18Cl3NO2. The van der Waals surface area contributed by atoms with Crippen LogP contribution in [0.15, 0.2) is 30.3 Å². The number of rotatable bonds is 6. The number of aryl methyl sites for hydroxylation is 2. The summed E-state index contributed by atoms with van der Waals surface area (Å²) < 4.78 is 5.68. The van der Waals surface area contributed by atoms with Crippen LogP contribution in [0, 0.1) is 13.8 Å². The van der Waals surface area contributed by atoms with Crippen molar-refractivity contribution in [2.24, 2.45) is 0 Å². The summed E-state index contributed by atoms with van der Waals surface area (Å²) in [5.41, 5.74) is 2.53. The first-order valence-electron chi connectivity index (χ1n) is 7.50. The minimum Gasteiger partial charge on any atom is -0.494 e. The van der Waals surface area contributed by atoms with E-state index in [0.717, 1.165) is 21.9 Å². The van der Waals surface area contributed by atoms with Crippen molar-refractivity contribution >= 4 is 46.4 Å². The smallest absolute Gasteiger partial charge is 0.224 e. The fraction of sp³-hybridized carbons (Fsp3) is 0.278. The maximum Gasteiger partial charge on any atom is 0.224 e. The SMILES string of the molecule is Cc1cc(OCCCC(=O)Nc2cc(Cl)cc(Cl)c2)cc(C)c1Cl. The van der Waals surface area contributed by atoms with E-state index in [0.29, 0.717) is 35.2 Å². The van der Waals surface area contributed by atoms with Crippen LogP contribution in [-0.4, -0.2) is 12.5 Å². The van der Waals surface area contributed by atoms with E-state index in [1.54, 1.807) is 18.2 Å². The fourth-order valence-corrected chi connectivity index (χ4v) is 2.90. The number of benzene rings is 2. The molecule has 128 valence electrons. The number of hydrogen-bond donors (Lipinski definition) is 1. The monoisotopic (exact) mass is 385 g/mol. The molecule has 0 heterocycles. The van der Waals surface area contributed by atoms with Gasteiger partial charge >= 0.3 is 0 Å². The molecule has 24 heavy (non-hydrogen) atoms. The highest BCUT2D eigenvalue weighted by Gasteiger charge is 2.06. The van der Waals surface area contributed by atoms with Crippen molar-refractivity contribution in [3.63, 3.8) is 0 Å². The van der Waals surface area contributed by atoms with Gasteiger partial charge in [-0.15, -0.1) is 0 Å². The van der Waals surface area contributed by atoms with E-state index in [-0.39, 0.29) is 5.91 Å². The van der Waals surface area contributed by atoms with Crippen LogP contribution >= 0.6 is 34.8 Å². The van der Waals surface area contributed by atoms with E-state index in [2.05, 4.69) is 5.32 Å². The Morgan fingerprint density at radius 3 is 2.17 bits per heavy atom. The van der Waals surface area contributed by atoms with Gasteiger partial charge in [0.2, 0.25) is 5.91 Å². The molecule has 2 aromatic carbocycles. The Morgan fingerprint density at radius 1 is 1.00 bits per heavy atom. The first-order valence-corrected chi connectivity index (χ1v) is 8.64. The van der Waals surface area contributed by atoms with Crippen molar-refractivity contribution in [3.8, 4) is 5.75 Å². The van der Waals surface area contributed by atoms with Crippen molar-refractivity contribution in [3.05, 3.63) is 56.5 Å². The second-order valence-electron chi connectivity index (χ2n) is 5.53. The largest absolute Gasteiger partial charge is 0.494 e. The highest BCUT2D eigenvalue weighted by atomic mass is 35.5. The molecule has 3 nitrogen and oxygen atoms in total. The van der Waals surface area contributed by atoms with Gasteiger partial charge in [0.15, 0.2) is 0 Å². The van der Waals surface area contributed by atoms with Crippen LogP contribution in [0.25, 0.3) is 0 Å². The van der Waals surface area contributed by atoms with Crippen LogP contribution in [-0.2, 0) is 4.79 Å². The van der Waals surface area contributed by atoms with E-state index in [9.17, 15) is 4.79 Å². The van der Waals surface area contributed by atoms with Crippen molar-refractivity contribution in [1.29, 1.82) is 0 Å². The summed E-state index contributed by atoms with van der Waals surface area (Å²) in [6.45, 7) is 4.32. The molecule has 0 aromatic heterocycles. The van der Waals surface area contributed by atoms with Crippen molar-refractivity contribution < 1.29 is 9.53 Å². The lowest BCUT2D eigenvalue weighted by Crippen LogP contribution is -2.12. The average molecular weight is 387 g/mol. The van der Waals surface area contributed by atoms with Crippen LogP contribution < -0.4 is 10.1 Å². The minimum absolute atomic E-state index is 0.111. The molecule has 1 amide bonds. The van der Waals surface area contributed by atoms with Gasteiger partial charge in [-0.1, -0.05) is 34.8 Å². The van der Waals surface area contributed by atoms with Crippen LogP contribution in [0.3, 0.4) is 0 Å². The Balaban J connectivity index is 1.79. The number of hydrogen-bond acceptors (Lipinski definition) is 2. The lowest BCUT2D eigenvalue weighted by Gasteiger charge is -2.10. The van der Waals surface area contributed by atoms with E-state index in [1.807, 2.05) is 26.0 Å². The average Bonchev–Trinajstić information content (AvgIpc) is 2.48. The number of carbonyl (C=O) groups excluding carboxylic acids is 1. The second-order valence-corrected chi connectivity index (χ2v) is 6.78. The highest BCUT2D eigenvalue weighted by molar-refractivity contribution is 6.35. The molecular weight excluding hydrogens is 369 g/mol. The van der Waals surface area contributed by atoms with Gasteiger partial charge < -0.3 is 10.1 Å². The number of ether oxygens (including phenoxy) is 1. The third kappa shape index (κ3) is 5.59. The summed E-state index contributed by atoms with van der Waals surface area (Å²) in [5, 5.41) is 4.48. The molecule has 0 aliphatic heterocycles. The maximum absolute atomic E-state index is 11.9. The summed E-state index contributed by atoms with van der Waals surface area (Å²) in [6, 6.07) is 8.71. The van der Waals surface area contributed by atoms with Gasteiger partial charge in [0, 0.05) is 27.2 Å². The fourth-order valence-electron chi connectivity index (χ4n) is 2.26. The summed E-state index contributed by atoms with van der Waals surface area (Å²) in [6.07, 6.45) is 0.941. The van der Waals surface area contributed by atoms with Gasteiger partial charge in [0.25, 0.3) is 0 Å². The molecule has 2 aromatic rings. The Labute approximate surface area is 156 Å².